The molecule has 0 unspecified atom stereocenters. The van der Waals surface area contributed by atoms with Gasteiger partial charge in [0.2, 0.25) is 0 Å². The number of para-hydroxylation sites is 2. The summed E-state index contributed by atoms with van der Waals surface area (Å²) in [5.74, 6) is 0. The van der Waals surface area contributed by atoms with Crippen molar-refractivity contribution in [2.24, 2.45) is 0 Å². The SMILES string of the molecule is CC(C)(C)c1ccc2c(c1)c1cc(C(C)(C)C)cc3c1n2-c1cccc2c1B3c1cc(-n3c4ccccc4c4ccccc43)cc3c1N2c1cccc2c1B3c1cc(C(C)(C)C)cc3c4cc(C(C)(C)C)ccc4n-2c13. The largest absolute Gasteiger partial charge is 0.312 e. The Morgan fingerprint density at radius 3 is 1.11 bits per heavy atom. The minimum absolute atomic E-state index is 0.00506. The van der Waals surface area contributed by atoms with E-state index in [0.717, 1.165) is 0 Å². The van der Waals surface area contributed by atoms with Gasteiger partial charge in [-0.1, -0.05) is 156 Å². The number of hydrogen-bond acceptors (Lipinski definition) is 1. The van der Waals surface area contributed by atoms with E-state index < -0.39 is 0 Å². The van der Waals surface area contributed by atoms with Crippen LogP contribution in [0.1, 0.15) is 105 Å². The Balaban J connectivity index is 1.10. The lowest BCUT2D eigenvalue weighted by atomic mass is 9.29. The maximum Gasteiger partial charge on any atom is 0.252 e. The Morgan fingerprint density at radius 2 is 0.684 bits per heavy atom. The number of fused-ring (bicyclic) bond motifs is 17. The highest BCUT2D eigenvalue weighted by molar-refractivity contribution is 7.04. The third-order valence-electron chi connectivity index (χ3n) is 18.4. The van der Waals surface area contributed by atoms with E-state index in [1.165, 1.54) is 155 Å². The summed E-state index contributed by atoms with van der Waals surface area (Å²) in [6, 6.07) is 62.6. The summed E-state index contributed by atoms with van der Waals surface area (Å²) in [5, 5.41) is 7.92. The van der Waals surface area contributed by atoms with E-state index in [9.17, 15) is 0 Å². The van der Waals surface area contributed by atoms with Crippen LogP contribution in [0.5, 0.6) is 0 Å². The van der Waals surface area contributed by atoms with Gasteiger partial charge in [-0.25, -0.2) is 0 Å². The molecule has 0 bridgehead atoms. The Bertz CT molecular complexity index is 4350. The molecule has 4 aliphatic rings. The number of nitrogens with zero attached hydrogens (tertiary/aromatic N) is 4. The Hall–Kier alpha value is -7.69. The Labute approximate surface area is 446 Å². The van der Waals surface area contributed by atoms with Gasteiger partial charge in [0.05, 0.1) is 22.1 Å². The van der Waals surface area contributed by atoms with E-state index >= 15 is 0 Å². The summed E-state index contributed by atoms with van der Waals surface area (Å²) < 4.78 is 7.87. The highest BCUT2D eigenvalue weighted by atomic mass is 15.2. The van der Waals surface area contributed by atoms with Gasteiger partial charge in [-0.15, -0.1) is 0 Å². The van der Waals surface area contributed by atoms with Gasteiger partial charge in [-0.3, -0.25) is 0 Å². The van der Waals surface area contributed by atoms with Gasteiger partial charge in [-0.2, -0.15) is 0 Å². The lowest BCUT2D eigenvalue weighted by molar-refractivity contribution is 0.590. The average Bonchev–Trinajstić information content (AvgIpc) is 4.13. The first kappa shape index (κ1) is 44.6. The fourth-order valence-electron chi connectivity index (χ4n) is 14.6. The maximum absolute atomic E-state index is 2.71. The molecule has 0 atom stereocenters. The van der Waals surface area contributed by atoms with Crippen molar-refractivity contribution in [2.45, 2.75) is 105 Å². The van der Waals surface area contributed by atoms with Crippen LogP contribution in [-0.2, 0) is 21.7 Å². The molecule has 16 rings (SSSR count). The third-order valence-corrected chi connectivity index (χ3v) is 18.4. The van der Waals surface area contributed by atoms with Gasteiger partial charge in [0.1, 0.15) is 0 Å². The van der Waals surface area contributed by atoms with Gasteiger partial charge in [0, 0.05) is 77.5 Å². The first-order valence-corrected chi connectivity index (χ1v) is 27.7. The van der Waals surface area contributed by atoms with Crippen LogP contribution in [0, 0.1) is 0 Å². The quantitative estimate of drug-likeness (QED) is 0.150. The van der Waals surface area contributed by atoms with Crippen molar-refractivity contribution >= 4 is 129 Å². The first-order chi connectivity index (χ1) is 36.3. The highest BCUT2D eigenvalue weighted by Crippen LogP contribution is 2.47. The number of anilines is 3. The molecule has 0 spiro atoms. The van der Waals surface area contributed by atoms with E-state index in [2.05, 4.69) is 259 Å². The van der Waals surface area contributed by atoms with E-state index in [0.29, 0.717) is 0 Å². The van der Waals surface area contributed by atoms with Crippen LogP contribution < -0.4 is 37.7 Å². The zero-order chi connectivity index (χ0) is 52.0. The molecule has 9 aromatic carbocycles. The summed E-state index contributed by atoms with van der Waals surface area (Å²) in [6.07, 6.45) is 0. The summed E-state index contributed by atoms with van der Waals surface area (Å²) in [5.41, 5.74) is 28.9. The molecule has 368 valence electrons. The molecule has 12 aromatic rings. The van der Waals surface area contributed by atoms with Crippen molar-refractivity contribution in [3.05, 3.63) is 180 Å². The van der Waals surface area contributed by atoms with Crippen LogP contribution in [0.2, 0.25) is 0 Å². The third kappa shape index (κ3) is 5.62. The van der Waals surface area contributed by atoms with Crippen LogP contribution in [-0.4, -0.2) is 27.1 Å². The average molecular weight is 981 g/mol. The first-order valence-electron chi connectivity index (χ1n) is 27.7. The molecule has 0 N–H and O–H groups in total. The van der Waals surface area contributed by atoms with Crippen molar-refractivity contribution in [3.8, 4) is 17.1 Å². The van der Waals surface area contributed by atoms with Gasteiger partial charge in [-0.05, 0) is 162 Å². The second-order valence-electron chi connectivity index (χ2n) is 27.0. The molecule has 6 heteroatoms. The topological polar surface area (TPSA) is 18.0 Å². The lowest BCUT2D eigenvalue weighted by Gasteiger charge is -2.47. The van der Waals surface area contributed by atoms with E-state index in [1.807, 2.05) is 0 Å². The molecule has 3 aromatic heterocycles. The molecule has 0 saturated heterocycles. The lowest BCUT2D eigenvalue weighted by Crippen LogP contribution is -2.67. The van der Waals surface area contributed by atoms with Gasteiger partial charge >= 0.3 is 0 Å². The summed E-state index contributed by atoms with van der Waals surface area (Å²) in [4.78, 5) is 2.71. The monoisotopic (exact) mass is 981 g/mol. The molecule has 7 heterocycles. The van der Waals surface area contributed by atoms with Crippen molar-refractivity contribution in [3.63, 3.8) is 0 Å². The predicted octanol–water partition coefficient (Wildman–Crippen LogP) is 13.9. The highest BCUT2D eigenvalue weighted by Gasteiger charge is 2.50. The summed E-state index contributed by atoms with van der Waals surface area (Å²) in [7, 11) is 0. The Kier molecular flexibility index (Phi) is 8.34. The zero-order valence-electron chi connectivity index (χ0n) is 46.0. The molecule has 0 amide bonds. The van der Waals surface area contributed by atoms with E-state index in [4.69, 9.17) is 0 Å². The molecule has 0 fully saturated rings. The predicted molar refractivity (Wildman–Crippen MR) is 328 cm³/mol. The number of aromatic nitrogens is 3. The molecule has 0 aliphatic carbocycles. The summed E-state index contributed by atoms with van der Waals surface area (Å²) in [6.45, 7) is 28.3. The maximum atomic E-state index is 2.71. The molecule has 0 saturated carbocycles. The molecule has 4 nitrogen and oxygen atoms in total. The van der Waals surface area contributed by atoms with Crippen LogP contribution in [0.3, 0.4) is 0 Å². The van der Waals surface area contributed by atoms with Gasteiger partial charge in [0.25, 0.3) is 13.4 Å². The standard InChI is InChI=1S/C70H62B2N4/c1-67(2,3)39-27-29-56-46(31-39)48-33-41(69(7,8)9)35-50-64(48)74(56)58-23-17-25-60-62(58)71(50)52-37-43(73-54-21-15-13-19-44(54)45-20-14-16-22-55(45)73)38-53-66(52)76(60)61-26-18-24-59-63(61)72(53)51-36-42(70(10,11)12)34-49-47-32-40(68(4,5)6)28-30-57(47)75(59)65(49)51/h13-38H,1-12H3. The van der Waals surface area contributed by atoms with Crippen molar-refractivity contribution in [1.29, 1.82) is 0 Å². The fourth-order valence-corrected chi connectivity index (χ4v) is 14.6. The molecule has 76 heavy (non-hydrogen) atoms. The number of hydrogen-bond donors (Lipinski definition) is 0. The molecule has 4 aliphatic heterocycles. The van der Waals surface area contributed by atoms with E-state index in [-0.39, 0.29) is 35.1 Å². The van der Waals surface area contributed by atoms with Gasteiger partial charge in [0.15, 0.2) is 0 Å². The van der Waals surface area contributed by atoms with Crippen LogP contribution in [0.25, 0.3) is 82.5 Å². The minimum Gasteiger partial charge on any atom is -0.312 e. The molecule has 0 radical (unpaired) electrons. The van der Waals surface area contributed by atoms with E-state index in [1.54, 1.807) is 0 Å². The second kappa shape index (κ2) is 14.2. The van der Waals surface area contributed by atoms with Crippen LogP contribution >= 0.6 is 0 Å². The normalized spacial score (nSPS) is 14.5. The van der Waals surface area contributed by atoms with Crippen molar-refractivity contribution in [1.82, 2.24) is 13.7 Å². The summed E-state index contributed by atoms with van der Waals surface area (Å²) >= 11 is 0. The smallest absolute Gasteiger partial charge is 0.252 e. The van der Waals surface area contributed by atoms with Crippen molar-refractivity contribution < 1.29 is 0 Å². The second-order valence-corrected chi connectivity index (χ2v) is 27.0. The fraction of sp³-hybridized carbons (Fsp3) is 0.229. The number of rotatable bonds is 1. The Morgan fingerprint density at radius 1 is 0.303 bits per heavy atom. The molecular weight excluding hydrogens is 918 g/mol. The van der Waals surface area contributed by atoms with Gasteiger partial charge < -0.3 is 18.6 Å². The zero-order valence-corrected chi connectivity index (χ0v) is 46.0. The minimum atomic E-state index is -0.0848. The number of benzene rings is 9. The van der Waals surface area contributed by atoms with Crippen LogP contribution in [0.15, 0.2) is 158 Å². The van der Waals surface area contributed by atoms with Crippen LogP contribution in [0.4, 0.5) is 17.1 Å². The van der Waals surface area contributed by atoms with Crippen molar-refractivity contribution in [2.75, 3.05) is 4.90 Å². The molecular formula is C70H62B2N4.